The van der Waals surface area contributed by atoms with E-state index in [1.54, 1.807) is 7.11 Å². The van der Waals surface area contributed by atoms with Crippen molar-refractivity contribution >= 4 is 5.69 Å². The first kappa shape index (κ1) is 11.5. The average molecular weight is 228 g/mol. The highest BCUT2D eigenvalue weighted by Gasteiger charge is 1.98. The summed E-state index contributed by atoms with van der Waals surface area (Å²) in [5.74, 6) is 0.865. The van der Waals surface area contributed by atoms with Crippen molar-refractivity contribution in [2.75, 3.05) is 12.4 Å². The Morgan fingerprint density at radius 2 is 1.94 bits per heavy atom. The molecule has 0 atom stereocenters. The monoisotopic (exact) mass is 228 g/mol. The van der Waals surface area contributed by atoms with E-state index in [0.717, 1.165) is 23.7 Å². The van der Waals surface area contributed by atoms with E-state index in [4.69, 9.17) is 4.74 Å². The molecule has 0 radical (unpaired) electrons. The number of nitrogens with one attached hydrogen (secondary N) is 1. The van der Waals surface area contributed by atoms with Gasteiger partial charge in [0, 0.05) is 11.9 Å². The van der Waals surface area contributed by atoms with E-state index in [9.17, 15) is 0 Å². The summed E-state index contributed by atoms with van der Waals surface area (Å²) >= 11 is 0. The Labute approximate surface area is 101 Å². The van der Waals surface area contributed by atoms with Crippen LogP contribution in [-0.2, 0) is 6.54 Å². The summed E-state index contributed by atoms with van der Waals surface area (Å²) in [6.07, 6.45) is 1.82. The van der Waals surface area contributed by atoms with Crippen LogP contribution in [0.15, 0.2) is 42.6 Å². The minimum atomic E-state index is 0.735. The predicted molar refractivity (Wildman–Crippen MR) is 69.3 cm³/mol. The van der Waals surface area contributed by atoms with E-state index in [1.807, 2.05) is 36.5 Å². The second-order valence-electron chi connectivity index (χ2n) is 3.85. The Kier molecular flexibility index (Phi) is 3.60. The van der Waals surface area contributed by atoms with Crippen molar-refractivity contribution in [3.63, 3.8) is 0 Å². The van der Waals surface area contributed by atoms with Crippen molar-refractivity contribution in [1.82, 2.24) is 4.98 Å². The number of aryl methyl sites for hydroxylation is 1. The molecule has 88 valence electrons. The Bertz CT molecular complexity index is 480. The van der Waals surface area contributed by atoms with Crippen LogP contribution in [0.3, 0.4) is 0 Å². The minimum absolute atomic E-state index is 0.735. The van der Waals surface area contributed by atoms with Crippen molar-refractivity contribution in [2.45, 2.75) is 13.5 Å². The standard InChI is InChI=1S/C14H16N2O/c1-11-4-3-9-15-14(11)10-16-12-5-7-13(17-2)8-6-12/h3-9,16H,10H2,1-2H3. The fraction of sp³-hybridized carbons (Fsp3) is 0.214. The molecule has 0 saturated carbocycles. The van der Waals surface area contributed by atoms with E-state index >= 15 is 0 Å². The first-order chi connectivity index (χ1) is 8.29. The maximum absolute atomic E-state index is 5.11. The Morgan fingerprint density at radius 3 is 2.59 bits per heavy atom. The lowest BCUT2D eigenvalue weighted by molar-refractivity contribution is 0.415. The van der Waals surface area contributed by atoms with Crippen LogP contribution < -0.4 is 10.1 Å². The molecule has 1 heterocycles. The van der Waals surface area contributed by atoms with Crippen molar-refractivity contribution in [2.24, 2.45) is 0 Å². The zero-order valence-corrected chi connectivity index (χ0v) is 10.1. The molecule has 2 rings (SSSR count). The van der Waals surface area contributed by atoms with Gasteiger partial charge in [-0.05, 0) is 42.8 Å². The number of anilines is 1. The molecule has 0 unspecified atom stereocenters. The Morgan fingerprint density at radius 1 is 1.18 bits per heavy atom. The highest BCUT2D eigenvalue weighted by Crippen LogP contribution is 2.16. The molecule has 1 aromatic heterocycles. The molecule has 0 amide bonds. The van der Waals surface area contributed by atoms with Crippen LogP contribution in [0.4, 0.5) is 5.69 Å². The summed E-state index contributed by atoms with van der Waals surface area (Å²) < 4.78 is 5.11. The molecular formula is C14H16N2O. The molecule has 0 saturated heterocycles. The molecule has 1 aromatic carbocycles. The van der Waals surface area contributed by atoms with Gasteiger partial charge in [-0.3, -0.25) is 4.98 Å². The van der Waals surface area contributed by atoms with Crippen molar-refractivity contribution < 1.29 is 4.74 Å². The van der Waals surface area contributed by atoms with Gasteiger partial charge in [-0.15, -0.1) is 0 Å². The number of methoxy groups -OCH3 is 1. The van der Waals surface area contributed by atoms with Crippen LogP contribution in [0.1, 0.15) is 11.3 Å². The quantitative estimate of drug-likeness (QED) is 0.873. The largest absolute Gasteiger partial charge is 0.497 e. The number of rotatable bonds is 4. The summed E-state index contributed by atoms with van der Waals surface area (Å²) in [7, 11) is 1.67. The van der Waals surface area contributed by atoms with Gasteiger partial charge in [0.15, 0.2) is 0 Å². The zero-order chi connectivity index (χ0) is 12.1. The van der Waals surface area contributed by atoms with Gasteiger partial charge in [0.25, 0.3) is 0 Å². The van der Waals surface area contributed by atoms with Crippen LogP contribution in [0.25, 0.3) is 0 Å². The Hall–Kier alpha value is -2.03. The van der Waals surface area contributed by atoms with Gasteiger partial charge in [-0.25, -0.2) is 0 Å². The fourth-order valence-corrected chi connectivity index (χ4v) is 1.60. The second kappa shape index (κ2) is 5.34. The summed E-state index contributed by atoms with van der Waals surface area (Å²) in [4.78, 5) is 4.34. The summed E-state index contributed by atoms with van der Waals surface area (Å²) in [6.45, 7) is 2.80. The SMILES string of the molecule is COc1ccc(NCc2ncccc2C)cc1. The minimum Gasteiger partial charge on any atom is -0.497 e. The first-order valence-electron chi connectivity index (χ1n) is 5.58. The van der Waals surface area contributed by atoms with E-state index in [0.29, 0.717) is 0 Å². The summed E-state index contributed by atoms with van der Waals surface area (Å²) in [5.41, 5.74) is 3.34. The van der Waals surface area contributed by atoms with Gasteiger partial charge in [0.05, 0.1) is 19.3 Å². The zero-order valence-electron chi connectivity index (χ0n) is 10.1. The van der Waals surface area contributed by atoms with Crippen LogP contribution in [0.5, 0.6) is 5.75 Å². The second-order valence-corrected chi connectivity index (χ2v) is 3.85. The van der Waals surface area contributed by atoms with Gasteiger partial charge in [0.1, 0.15) is 5.75 Å². The van der Waals surface area contributed by atoms with Gasteiger partial charge in [-0.2, -0.15) is 0 Å². The van der Waals surface area contributed by atoms with Crippen LogP contribution >= 0.6 is 0 Å². The lowest BCUT2D eigenvalue weighted by Gasteiger charge is -2.08. The molecule has 0 aliphatic rings. The molecule has 2 aromatic rings. The van der Waals surface area contributed by atoms with Gasteiger partial charge >= 0.3 is 0 Å². The smallest absolute Gasteiger partial charge is 0.119 e. The third-order valence-electron chi connectivity index (χ3n) is 2.67. The predicted octanol–water partition coefficient (Wildman–Crippen LogP) is 3.01. The number of pyridine rings is 1. The van der Waals surface area contributed by atoms with Crippen molar-refractivity contribution in [3.05, 3.63) is 53.9 Å². The number of nitrogens with zero attached hydrogens (tertiary/aromatic N) is 1. The van der Waals surface area contributed by atoms with Crippen molar-refractivity contribution in [1.29, 1.82) is 0 Å². The topological polar surface area (TPSA) is 34.1 Å². The average Bonchev–Trinajstić information content (AvgIpc) is 2.38. The van der Waals surface area contributed by atoms with Gasteiger partial charge in [-0.1, -0.05) is 6.07 Å². The van der Waals surface area contributed by atoms with Gasteiger partial charge in [0.2, 0.25) is 0 Å². The molecule has 0 spiro atoms. The molecule has 17 heavy (non-hydrogen) atoms. The van der Waals surface area contributed by atoms with E-state index in [2.05, 4.69) is 23.3 Å². The third kappa shape index (κ3) is 2.97. The number of aromatic nitrogens is 1. The highest BCUT2D eigenvalue weighted by atomic mass is 16.5. The number of hydrogen-bond donors (Lipinski definition) is 1. The third-order valence-corrected chi connectivity index (χ3v) is 2.67. The van der Waals surface area contributed by atoms with Gasteiger partial charge < -0.3 is 10.1 Å². The lowest BCUT2D eigenvalue weighted by atomic mass is 10.2. The molecule has 0 aliphatic heterocycles. The molecule has 0 fully saturated rings. The molecule has 1 N–H and O–H groups in total. The molecule has 0 bridgehead atoms. The molecule has 0 aliphatic carbocycles. The molecular weight excluding hydrogens is 212 g/mol. The number of ether oxygens (including phenoxy) is 1. The normalized spacial score (nSPS) is 10.0. The van der Waals surface area contributed by atoms with Crippen molar-refractivity contribution in [3.8, 4) is 5.75 Å². The molecule has 3 nitrogen and oxygen atoms in total. The van der Waals surface area contributed by atoms with E-state index < -0.39 is 0 Å². The number of hydrogen-bond acceptors (Lipinski definition) is 3. The maximum Gasteiger partial charge on any atom is 0.119 e. The van der Waals surface area contributed by atoms with E-state index in [1.165, 1.54) is 5.56 Å². The molecule has 3 heteroatoms. The number of benzene rings is 1. The summed E-state index contributed by atoms with van der Waals surface area (Å²) in [5, 5.41) is 3.34. The fourth-order valence-electron chi connectivity index (χ4n) is 1.60. The first-order valence-corrected chi connectivity index (χ1v) is 5.58. The van der Waals surface area contributed by atoms with E-state index in [-0.39, 0.29) is 0 Å². The summed E-state index contributed by atoms with van der Waals surface area (Å²) in [6, 6.07) is 11.9. The maximum atomic E-state index is 5.11. The van der Waals surface area contributed by atoms with Crippen LogP contribution in [-0.4, -0.2) is 12.1 Å². The lowest BCUT2D eigenvalue weighted by Crippen LogP contribution is -2.03. The Balaban J connectivity index is 2.00. The van der Waals surface area contributed by atoms with Crippen LogP contribution in [0, 0.1) is 6.92 Å². The van der Waals surface area contributed by atoms with Crippen LogP contribution in [0.2, 0.25) is 0 Å². The highest BCUT2D eigenvalue weighted by molar-refractivity contribution is 5.46.